The van der Waals surface area contributed by atoms with Crippen LogP contribution in [0.15, 0.2) is 18.2 Å². The first-order chi connectivity index (χ1) is 9.08. The predicted octanol–water partition coefficient (Wildman–Crippen LogP) is 3.69. The van der Waals surface area contributed by atoms with Gasteiger partial charge >= 0.3 is 0 Å². The fourth-order valence-corrected chi connectivity index (χ4v) is 2.60. The topological polar surface area (TPSA) is 15.3 Å². The molecular weight excluding hydrogens is 232 g/mol. The fraction of sp³-hybridized carbons (Fsp3) is 0.647. The molecule has 108 valence electrons. The number of hydrogen-bond donors (Lipinski definition) is 1. The molecule has 0 saturated carbocycles. The zero-order valence-electron chi connectivity index (χ0n) is 13.3. The van der Waals surface area contributed by atoms with Gasteiger partial charge in [0, 0.05) is 19.1 Å². The Kier molecular flexibility index (Phi) is 7.11. The Labute approximate surface area is 119 Å². The van der Waals surface area contributed by atoms with Gasteiger partial charge in [-0.1, -0.05) is 37.6 Å². The lowest BCUT2D eigenvalue weighted by Crippen LogP contribution is -2.33. The summed E-state index contributed by atoms with van der Waals surface area (Å²) in [5, 5.41) is 3.64. The molecule has 0 saturated heterocycles. The average Bonchev–Trinajstić information content (AvgIpc) is 2.37. The van der Waals surface area contributed by atoms with Crippen LogP contribution in [0.5, 0.6) is 0 Å². The van der Waals surface area contributed by atoms with Crippen molar-refractivity contribution in [2.45, 2.75) is 47.1 Å². The summed E-state index contributed by atoms with van der Waals surface area (Å²) in [6.45, 7) is 15.6. The predicted molar refractivity (Wildman–Crippen MR) is 84.7 cm³/mol. The van der Waals surface area contributed by atoms with Crippen molar-refractivity contribution < 1.29 is 0 Å². The van der Waals surface area contributed by atoms with Crippen molar-refractivity contribution >= 4 is 0 Å². The summed E-state index contributed by atoms with van der Waals surface area (Å²) >= 11 is 0. The molecule has 1 aromatic carbocycles. The van der Waals surface area contributed by atoms with Gasteiger partial charge in [0.05, 0.1) is 0 Å². The zero-order chi connectivity index (χ0) is 14.3. The summed E-state index contributed by atoms with van der Waals surface area (Å²) < 4.78 is 0. The van der Waals surface area contributed by atoms with E-state index in [0.717, 1.165) is 19.6 Å². The summed E-state index contributed by atoms with van der Waals surface area (Å²) in [5.41, 5.74) is 4.15. The molecule has 0 radical (unpaired) electrons. The van der Waals surface area contributed by atoms with E-state index in [1.807, 2.05) is 0 Å². The molecule has 0 aliphatic heterocycles. The summed E-state index contributed by atoms with van der Waals surface area (Å²) in [6, 6.07) is 7.16. The SMILES string of the molecule is CCCN(CC)CCNC(C)c1ccc(C)cc1C. The maximum Gasteiger partial charge on any atom is 0.0294 e. The van der Waals surface area contributed by atoms with E-state index in [9.17, 15) is 0 Å². The molecule has 1 N–H and O–H groups in total. The summed E-state index contributed by atoms with van der Waals surface area (Å²) in [6.07, 6.45) is 1.24. The Hall–Kier alpha value is -0.860. The minimum atomic E-state index is 0.431. The molecule has 2 heteroatoms. The maximum atomic E-state index is 3.64. The van der Waals surface area contributed by atoms with Gasteiger partial charge in [0.2, 0.25) is 0 Å². The highest BCUT2D eigenvalue weighted by atomic mass is 15.1. The van der Waals surface area contributed by atoms with Crippen molar-refractivity contribution in [3.8, 4) is 0 Å². The van der Waals surface area contributed by atoms with E-state index in [4.69, 9.17) is 0 Å². The van der Waals surface area contributed by atoms with E-state index >= 15 is 0 Å². The highest BCUT2D eigenvalue weighted by Crippen LogP contribution is 2.18. The standard InChI is InChI=1S/C17H30N2/c1-6-11-19(7-2)12-10-18-16(5)17-9-8-14(3)13-15(17)4/h8-9,13,16,18H,6-7,10-12H2,1-5H3. The van der Waals surface area contributed by atoms with E-state index < -0.39 is 0 Å². The number of likely N-dealkylation sites (N-methyl/N-ethyl adjacent to an activating group) is 1. The molecule has 0 fully saturated rings. The van der Waals surface area contributed by atoms with Gasteiger partial charge in [-0.2, -0.15) is 0 Å². The van der Waals surface area contributed by atoms with Crippen LogP contribution in [0.4, 0.5) is 0 Å². The van der Waals surface area contributed by atoms with Crippen LogP contribution >= 0.6 is 0 Å². The van der Waals surface area contributed by atoms with Gasteiger partial charge < -0.3 is 10.2 Å². The number of rotatable bonds is 8. The molecule has 0 aromatic heterocycles. The molecule has 1 atom stereocenters. The third-order valence-electron chi connectivity index (χ3n) is 3.76. The second-order valence-corrected chi connectivity index (χ2v) is 5.47. The zero-order valence-corrected chi connectivity index (χ0v) is 13.3. The van der Waals surface area contributed by atoms with Crippen LogP contribution in [0.1, 0.15) is 49.9 Å². The van der Waals surface area contributed by atoms with Crippen LogP contribution in [0, 0.1) is 13.8 Å². The van der Waals surface area contributed by atoms with Gasteiger partial charge in [0.15, 0.2) is 0 Å². The molecule has 0 aliphatic rings. The van der Waals surface area contributed by atoms with Crippen LogP contribution in [-0.4, -0.2) is 31.1 Å². The smallest absolute Gasteiger partial charge is 0.0294 e. The summed E-state index contributed by atoms with van der Waals surface area (Å²) in [5.74, 6) is 0. The van der Waals surface area contributed by atoms with Crippen molar-refractivity contribution in [3.63, 3.8) is 0 Å². The van der Waals surface area contributed by atoms with Crippen molar-refractivity contribution in [2.75, 3.05) is 26.2 Å². The first-order valence-corrected chi connectivity index (χ1v) is 7.61. The monoisotopic (exact) mass is 262 g/mol. The van der Waals surface area contributed by atoms with Crippen LogP contribution in [-0.2, 0) is 0 Å². The normalized spacial score (nSPS) is 12.9. The first kappa shape index (κ1) is 16.2. The molecule has 0 spiro atoms. The molecule has 0 amide bonds. The molecule has 2 nitrogen and oxygen atoms in total. The Morgan fingerprint density at radius 2 is 1.89 bits per heavy atom. The van der Waals surface area contributed by atoms with Gasteiger partial charge in [0.1, 0.15) is 0 Å². The van der Waals surface area contributed by atoms with Crippen LogP contribution < -0.4 is 5.32 Å². The lowest BCUT2D eigenvalue weighted by atomic mass is 10.0. The minimum Gasteiger partial charge on any atom is -0.309 e. The molecule has 1 rings (SSSR count). The number of aryl methyl sites for hydroxylation is 2. The Bertz CT molecular complexity index is 374. The molecular formula is C17H30N2. The Balaban J connectivity index is 2.44. The van der Waals surface area contributed by atoms with Crippen LogP contribution in [0.3, 0.4) is 0 Å². The van der Waals surface area contributed by atoms with E-state index in [2.05, 4.69) is 63.0 Å². The second kappa shape index (κ2) is 8.34. The highest BCUT2D eigenvalue weighted by molar-refractivity contribution is 5.32. The second-order valence-electron chi connectivity index (χ2n) is 5.47. The number of nitrogens with zero attached hydrogens (tertiary/aromatic N) is 1. The van der Waals surface area contributed by atoms with Gasteiger partial charge in [-0.15, -0.1) is 0 Å². The summed E-state index contributed by atoms with van der Waals surface area (Å²) in [4.78, 5) is 2.50. The van der Waals surface area contributed by atoms with Crippen LogP contribution in [0.2, 0.25) is 0 Å². The molecule has 0 bridgehead atoms. The maximum absolute atomic E-state index is 3.64. The number of benzene rings is 1. The van der Waals surface area contributed by atoms with Gasteiger partial charge in [-0.25, -0.2) is 0 Å². The van der Waals surface area contributed by atoms with Crippen molar-refractivity contribution in [1.82, 2.24) is 10.2 Å². The molecule has 19 heavy (non-hydrogen) atoms. The molecule has 1 unspecified atom stereocenters. The van der Waals surface area contributed by atoms with E-state index in [1.165, 1.54) is 29.7 Å². The van der Waals surface area contributed by atoms with E-state index in [-0.39, 0.29) is 0 Å². The van der Waals surface area contributed by atoms with Crippen LogP contribution in [0.25, 0.3) is 0 Å². The van der Waals surface area contributed by atoms with Gasteiger partial charge in [-0.3, -0.25) is 0 Å². The lowest BCUT2D eigenvalue weighted by Gasteiger charge is -2.22. The third kappa shape index (κ3) is 5.33. The third-order valence-corrected chi connectivity index (χ3v) is 3.76. The van der Waals surface area contributed by atoms with Crippen molar-refractivity contribution in [1.29, 1.82) is 0 Å². The lowest BCUT2D eigenvalue weighted by molar-refractivity contribution is 0.284. The van der Waals surface area contributed by atoms with Crippen molar-refractivity contribution in [2.24, 2.45) is 0 Å². The largest absolute Gasteiger partial charge is 0.309 e. The first-order valence-electron chi connectivity index (χ1n) is 7.61. The van der Waals surface area contributed by atoms with Crippen molar-refractivity contribution in [3.05, 3.63) is 34.9 Å². The Morgan fingerprint density at radius 1 is 1.16 bits per heavy atom. The molecule has 0 aliphatic carbocycles. The van der Waals surface area contributed by atoms with Gasteiger partial charge in [0.25, 0.3) is 0 Å². The molecule has 1 aromatic rings. The van der Waals surface area contributed by atoms with E-state index in [1.54, 1.807) is 0 Å². The van der Waals surface area contributed by atoms with Gasteiger partial charge in [-0.05, 0) is 51.4 Å². The van der Waals surface area contributed by atoms with E-state index in [0.29, 0.717) is 6.04 Å². The highest BCUT2D eigenvalue weighted by Gasteiger charge is 2.08. The average molecular weight is 262 g/mol. The number of nitrogens with one attached hydrogen (secondary N) is 1. The Morgan fingerprint density at radius 3 is 2.47 bits per heavy atom. The quantitative estimate of drug-likeness (QED) is 0.768. The fourth-order valence-electron chi connectivity index (χ4n) is 2.60. The molecule has 0 heterocycles. The summed E-state index contributed by atoms with van der Waals surface area (Å²) in [7, 11) is 0. The number of hydrogen-bond acceptors (Lipinski definition) is 2. The minimum absolute atomic E-state index is 0.431.